The maximum atomic E-state index is 12.3. The minimum absolute atomic E-state index is 0.266. The third-order valence-corrected chi connectivity index (χ3v) is 4.61. The van der Waals surface area contributed by atoms with Gasteiger partial charge in [-0.3, -0.25) is 9.69 Å². The molecule has 2 rings (SSSR count). The molecule has 1 heterocycles. The smallest absolute Gasteiger partial charge is 0.223 e. The Morgan fingerprint density at radius 2 is 2.13 bits per heavy atom. The Morgan fingerprint density at radius 3 is 2.78 bits per heavy atom. The van der Waals surface area contributed by atoms with E-state index in [1.807, 2.05) is 17.0 Å². The van der Waals surface area contributed by atoms with E-state index in [1.54, 1.807) is 7.11 Å². The Morgan fingerprint density at radius 1 is 1.39 bits per heavy atom. The second kappa shape index (κ2) is 8.89. The summed E-state index contributed by atoms with van der Waals surface area (Å²) in [6, 6.07) is 8.44. The van der Waals surface area contributed by atoms with Crippen LogP contribution in [0.5, 0.6) is 5.75 Å². The summed E-state index contributed by atoms with van der Waals surface area (Å²) in [6.07, 6.45) is 0.585. The molecular formula is C18H29N3O2. The fourth-order valence-corrected chi connectivity index (χ4v) is 3.05. The van der Waals surface area contributed by atoms with Crippen molar-refractivity contribution < 1.29 is 9.53 Å². The molecule has 1 unspecified atom stereocenters. The molecule has 5 nitrogen and oxygen atoms in total. The van der Waals surface area contributed by atoms with Gasteiger partial charge >= 0.3 is 0 Å². The number of hydrogen-bond acceptors (Lipinski definition) is 4. The number of piperazine rings is 1. The second-order valence-electron chi connectivity index (χ2n) is 5.96. The van der Waals surface area contributed by atoms with Crippen LogP contribution in [-0.2, 0) is 4.79 Å². The van der Waals surface area contributed by atoms with Gasteiger partial charge in [-0.1, -0.05) is 19.1 Å². The lowest BCUT2D eigenvalue weighted by Gasteiger charge is -2.31. The topological polar surface area (TPSA) is 44.8 Å². The molecule has 1 aliphatic rings. The van der Waals surface area contributed by atoms with Crippen molar-refractivity contribution in [2.45, 2.75) is 26.3 Å². The standard InChI is InChI=1S/C18H29N3O2/c1-4-20(11-8-18(22)21-12-9-19-10-13-21)15(2)16-6-5-7-17(14-16)23-3/h5-7,14-15,19H,4,8-13H2,1-3H3. The number of carbonyl (C=O) groups is 1. The first-order valence-corrected chi connectivity index (χ1v) is 8.52. The highest BCUT2D eigenvalue weighted by Crippen LogP contribution is 2.24. The van der Waals surface area contributed by atoms with E-state index in [-0.39, 0.29) is 11.9 Å². The highest BCUT2D eigenvalue weighted by molar-refractivity contribution is 5.76. The van der Waals surface area contributed by atoms with E-state index < -0.39 is 0 Å². The summed E-state index contributed by atoms with van der Waals surface area (Å²) in [6.45, 7) is 9.52. The Hall–Kier alpha value is -1.59. The molecule has 0 bridgehead atoms. The van der Waals surface area contributed by atoms with Gasteiger partial charge in [0.15, 0.2) is 0 Å². The van der Waals surface area contributed by atoms with Crippen molar-refractivity contribution >= 4 is 5.91 Å². The van der Waals surface area contributed by atoms with Crippen molar-refractivity contribution in [1.82, 2.24) is 15.1 Å². The Balaban J connectivity index is 1.91. The summed E-state index contributed by atoms with van der Waals surface area (Å²) in [5.74, 6) is 1.14. The highest BCUT2D eigenvalue weighted by Gasteiger charge is 2.19. The van der Waals surface area contributed by atoms with Gasteiger partial charge < -0.3 is 15.0 Å². The average Bonchev–Trinajstić information content (AvgIpc) is 2.62. The molecule has 1 aromatic carbocycles. The lowest BCUT2D eigenvalue weighted by Crippen LogP contribution is -2.47. The molecule has 23 heavy (non-hydrogen) atoms. The summed E-state index contributed by atoms with van der Waals surface area (Å²) in [5.41, 5.74) is 1.22. The number of hydrogen-bond donors (Lipinski definition) is 1. The molecule has 1 fully saturated rings. The Kier molecular flexibility index (Phi) is 6.86. The van der Waals surface area contributed by atoms with Gasteiger partial charge in [-0.2, -0.15) is 0 Å². The van der Waals surface area contributed by atoms with Crippen LogP contribution in [0.2, 0.25) is 0 Å². The second-order valence-corrected chi connectivity index (χ2v) is 5.96. The van der Waals surface area contributed by atoms with E-state index >= 15 is 0 Å². The van der Waals surface area contributed by atoms with E-state index in [0.29, 0.717) is 6.42 Å². The molecular weight excluding hydrogens is 290 g/mol. The van der Waals surface area contributed by atoms with Crippen LogP contribution in [0.1, 0.15) is 31.9 Å². The largest absolute Gasteiger partial charge is 0.497 e. The van der Waals surface area contributed by atoms with E-state index in [4.69, 9.17) is 4.74 Å². The summed E-state index contributed by atoms with van der Waals surface area (Å²) >= 11 is 0. The first-order chi connectivity index (χ1) is 11.2. The number of carbonyl (C=O) groups excluding carboxylic acids is 1. The fourth-order valence-electron chi connectivity index (χ4n) is 3.05. The van der Waals surface area contributed by atoms with Crippen molar-refractivity contribution in [1.29, 1.82) is 0 Å². The third-order valence-electron chi connectivity index (χ3n) is 4.61. The van der Waals surface area contributed by atoms with Gasteiger partial charge in [0.05, 0.1) is 7.11 Å². The number of amides is 1. The Labute approximate surface area is 139 Å². The zero-order valence-corrected chi connectivity index (χ0v) is 14.5. The van der Waals surface area contributed by atoms with Crippen molar-refractivity contribution in [3.05, 3.63) is 29.8 Å². The number of nitrogens with zero attached hydrogens (tertiary/aromatic N) is 2. The lowest BCUT2D eigenvalue weighted by molar-refractivity contribution is -0.132. The molecule has 1 aromatic rings. The molecule has 128 valence electrons. The van der Waals surface area contributed by atoms with Crippen molar-refractivity contribution in [3.8, 4) is 5.75 Å². The van der Waals surface area contributed by atoms with Crippen LogP contribution in [0.15, 0.2) is 24.3 Å². The van der Waals surface area contributed by atoms with Gasteiger partial charge in [0.1, 0.15) is 5.75 Å². The van der Waals surface area contributed by atoms with E-state index in [0.717, 1.165) is 45.0 Å². The number of ether oxygens (including phenoxy) is 1. The maximum absolute atomic E-state index is 12.3. The maximum Gasteiger partial charge on any atom is 0.223 e. The van der Waals surface area contributed by atoms with Gasteiger partial charge in [0, 0.05) is 45.2 Å². The lowest BCUT2D eigenvalue weighted by atomic mass is 10.1. The molecule has 1 amide bonds. The minimum atomic E-state index is 0.266. The summed E-state index contributed by atoms with van der Waals surface area (Å²) in [7, 11) is 1.69. The number of nitrogens with one attached hydrogen (secondary N) is 1. The number of methoxy groups -OCH3 is 1. The van der Waals surface area contributed by atoms with Crippen LogP contribution in [-0.4, -0.2) is 62.1 Å². The molecule has 1 aliphatic heterocycles. The monoisotopic (exact) mass is 319 g/mol. The first kappa shape index (κ1) is 17.8. The van der Waals surface area contributed by atoms with Crippen molar-refractivity contribution in [2.75, 3.05) is 46.4 Å². The van der Waals surface area contributed by atoms with Gasteiger partial charge in [-0.05, 0) is 31.2 Å². The summed E-state index contributed by atoms with van der Waals surface area (Å²) in [4.78, 5) is 16.6. The van der Waals surface area contributed by atoms with Crippen LogP contribution in [0, 0.1) is 0 Å². The van der Waals surface area contributed by atoms with Crippen molar-refractivity contribution in [2.24, 2.45) is 0 Å². The van der Waals surface area contributed by atoms with Gasteiger partial charge in [-0.25, -0.2) is 0 Å². The van der Waals surface area contributed by atoms with E-state index in [2.05, 4.69) is 36.2 Å². The normalized spacial score (nSPS) is 16.4. The third kappa shape index (κ3) is 4.94. The van der Waals surface area contributed by atoms with Gasteiger partial charge in [0.25, 0.3) is 0 Å². The van der Waals surface area contributed by atoms with Crippen LogP contribution in [0.4, 0.5) is 0 Å². The molecule has 0 saturated carbocycles. The molecule has 5 heteroatoms. The average molecular weight is 319 g/mol. The highest BCUT2D eigenvalue weighted by atomic mass is 16.5. The fraction of sp³-hybridized carbons (Fsp3) is 0.611. The summed E-state index contributed by atoms with van der Waals surface area (Å²) < 4.78 is 5.31. The predicted molar refractivity (Wildman–Crippen MR) is 92.7 cm³/mol. The zero-order chi connectivity index (χ0) is 16.7. The van der Waals surface area contributed by atoms with E-state index in [9.17, 15) is 4.79 Å². The molecule has 0 radical (unpaired) electrons. The van der Waals surface area contributed by atoms with Crippen molar-refractivity contribution in [3.63, 3.8) is 0 Å². The molecule has 0 aromatic heterocycles. The van der Waals surface area contributed by atoms with Crippen LogP contribution >= 0.6 is 0 Å². The summed E-state index contributed by atoms with van der Waals surface area (Å²) in [5, 5.41) is 3.28. The Bertz CT molecular complexity index is 501. The van der Waals surface area contributed by atoms with Gasteiger partial charge in [0.2, 0.25) is 5.91 Å². The quantitative estimate of drug-likeness (QED) is 0.834. The molecule has 0 aliphatic carbocycles. The molecule has 1 atom stereocenters. The SMILES string of the molecule is CCN(CCC(=O)N1CCNCC1)C(C)c1cccc(OC)c1. The van der Waals surface area contributed by atoms with Crippen LogP contribution < -0.4 is 10.1 Å². The van der Waals surface area contributed by atoms with E-state index in [1.165, 1.54) is 5.56 Å². The van der Waals surface area contributed by atoms with Gasteiger partial charge in [-0.15, -0.1) is 0 Å². The predicted octanol–water partition coefficient (Wildman–Crippen LogP) is 1.90. The molecule has 1 N–H and O–H groups in total. The van der Waals surface area contributed by atoms with Crippen LogP contribution in [0.25, 0.3) is 0 Å². The minimum Gasteiger partial charge on any atom is -0.497 e. The number of benzene rings is 1. The number of rotatable bonds is 7. The zero-order valence-electron chi connectivity index (χ0n) is 14.5. The molecule has 0 spiro atoms. The molecule has 1 saturated heterocycles. The van der Waals surface area contributed by atoms with Crippen LogP contribution in [0.3, 0.4) is 0 Å². The first-order valence-electron chi connectivity index (χ1n) is 8.52.